The number of nitrogens with zero attached hydrogens (tertiary/aromatic N) is 1. The van der Waals surface area contributed by atoms with E-state index in [1.54, 1.807) is 13.2 Å². The zero-order chi connectivity index (χ0) is 27.8. The van der Waals surface area contributed by atoms with Gasteiger partial charge in [-0.3, -0.25) is 9.59 Å². The maximum absolute atomic E-state index is 13.3. The van der Waals surface area contributed by atoms with Crippen LogP contribution in [-0.4, -0.2) is 62.2 Å². The average molecular weight is 537 g/mol. The molecule has 2 aromatic carbocycles. The van der Waals surface area contributed by atoms with Crippen LogP contribution in [0.2, 0.25) is 0 Å². The molecule has 2 fully saturated rings. The summed E-state index contributed by atoms with van der Waals surface area (Å²) in [5.41, 5.74) is 3.07. The third-order valence-corrected chi connectivity index (χ3v) is 7.86. The number of nitrogens with one attached hydrogen (secondary N) is 3. The molecule has 3 N–H and O–H groups in total. The van der Waals surface area contributed by atoms with Crippen molar-refractivity contribution in [3.8, 4) is 5.75 Å². The smallest absolute Gasteiger partial charge is 0.323 e. The molecule has 39 heavy (non-hydrogen) atoms. The summed E-state index contributed by atoms with van der Waals surface area (Å²) >= 11 is 0. The van der Waals surface area contributed by atoms with Gasteiger partial charge in [0.25, 0.3) is 0 Å². The van der Waals surface area contributed by atoms with Gasteiger partial charge in [-0.15, -0.1) is 0 Å². The van der Waals surface area contributed by atoms with Crippen LogP contribution in [0.25, 0.3) is 0 Å². The molecule has 1 unspecified atom stereocenters. The van der Waals surface area contributed by atoms with Gasteiger partial charge in [0.1, 0.15) is 5.75 Å². The third kappa shape index (κ3) is 7.50. The van der Waals surface area contributed by atoms with E-state index < -0.39 is 0 Å². The van der Waals surface area contributed by atoms with E-state index in [1.807, 2.05) is 48.2 Å². The fourth-order valence-electron chi connectivity index (χ4n) is 5.59. The van der Waals surface area contributed by atoms with Gasteiger partial charge in [0.2, 0.25) is 5.91 Å². The zero-order valence-corrected chi connectivity index (χ0v) is 23.1. The molecule has 1 aliphatic carbocycles. The van der Waals surface area contributed by atoms with E-state index >= 15 is 0 Å². The lowest BCUT2D eigenvalue weighted by Gasteiger charge is -2.31. The number of esters is 1. The summed E-state index contributed by atoms with van der Waals surface area (Å²) in [6, 6.07) is 13.2. The fraction of sp³-hybridized carbons (Fsp3) is 0.500. The number of rotatable bonds is 9. The molecular weight excluding hydrogens is 496 g/mol. The molecule has 210 valence electrons. The third-order valence-electron chi connectivity index (χ3n) is 7.86. The summed E-state index contributed by atoms with van der Waals surface area (Å²) in [6.45, 7) is 3.46. The molecule has 0 bridgehead atoms. The molecule has 9 nitrogen and oxygen atoms in total. The van der Waals surface area contributed by atoms with Crippen molar-refractivity contribution in [2.45, 2.75) is 64.0 Å². The number of hydrogen-bond donors (Lipinski definition) is 3. The second kappa shape index (κ2) is 13.5. The number of aryl methyl sites for hydroxylation is 1. The number of urea groups is 1. The number of amides is 3. The highest BCUT2D eigenvalue weighted by Crippen LogP contribution is 2.28. The first-order valence-electron chi connectivity index (χ1n) is 13.8. The summed E-state index contributed by atoms with van der Waals surface area (Å²) < 4.78 is 10.4. The maximum Gasteiger partial charge on any atom is 0.323 e. The van der Waals surface area contributed by atoms with E-state index in [0.29, 0.717) is 17.5 Å². The normalized spacial score (nSPS) is 20.8. The van der Waals surface area contributed by atoms with Gasteiger partial charge < -0.3 is 30.3 Å². The Hall–Kier alpha value is -3.59. The highest BCUT2D eigenvalue weighted by molar-refractivity contribution is 6.01. The molecule has 3 amide bonds. The number of ether oxygens (including phenoxy) is 2. The lowest BCUT2D eigenvalue weighted by atomic mass is 9.86. The molecule has 1 atom stereocenters. The lowest BCUT2D eigenvalue weighted by Crippen LogP contribution is -2.45. The van der Waals surface area contributed by atoms with Gasteiger partial charge in [0.15, 0.2) is 0 Å². The first-order valence-corrected chi connectivity index (χ1v) is 13.8. The van der Waals surface area contributed by atoms with Crippen LogP contribution in [0, 0.1) is 12.8 Å². The minimum absolute atomic E-state index is 0.0126. The Balaban J connectivity index is 1.29. The Bertz CT molecular complexity index is 1160. The van der Waals surface area contributed by atoms with Crippen molar-refractivity contribution >= 4 is 29.3 Å². The highest BCUT2D eigenvalue weighted by atomic mass is 16.5. The molecule has 1 saturated carbocycles. The summed E-state index contributed by atoms with van der Waals surface area (Å²) in [4.78, 5) is 39.6. The Morgan fingerprint density at radius 2 is 1.69 bits per heavy atom. The Morgan fingerprint density at radius 1 is 0.949 bits per heavy atom. The predicted molar refractivity (Wildman–Crippen MR) is 151 cm³/mol. The first-order chi connectivity index (χ1) is 18.9. The fourth-order valence-corrected chi connectivity index (χ4v) is 5.59. The van der Waals surface area contributed by atoms with Gasteiger partial charge in [0, 0.05) is 30.9 Å². The minimum Gasteiger partial charge on any atom is -0.495 e. The number of likely N-dealkylation sites (tertiary alicyclic amines) is 1. The molecule has 2 aromatic rings. The van der Waals surface area contributed by atoms with Crippen molar-refractivity contribution in [2.24, 2.45) is 5.92 Å². The van der Waals surface area contributed by atoms with Crippen LogP contribution in [0.5, 0.6) is 5.75 Å². The van der Waals surface area contributed by atoms with Gasteiger partial charge in [-0.05, 0) is 74.8 Å². The van der Waals surface area contributed by atoms with Gasteiger partial charge in [0.05, 0.1) is 32.2 Å². The summed E-state index contributed by atoms with van der Waals surface area (Å²) in [5.74, 6) is 0.502. The second-order valence-electron chi connectivity index (χ2n) is 10.5. The minimum atomic E-state index is -0.363. The van der Waals surface area contributed by atoms with Crippen LogP contribution >= 0.6 is 0 Å². The molecule has 2 aliphatic rings. The molecule has 1 saturated heterocycles. The van der Waals surface area contributed by atoms with E-state index in [0.717, 1.165) is 68.4 Å². The number of benzene rings is 2. The molecule has 0 spiro atoms. The van der Waals surface area contributed by atoms with E-state index in [-0.39, 0.29) is 36.3 Å². The van der Waals surface area contributed by atoms with Gasteiger partial charge in [-0.2, -0.15) is 0 Å². The molecular formula is C30H40N4O5. The number of methoxy groups -OCH3 is 2. The monoisotopic (exact) mass is 536 g/mol. The Labute approximate surface area is 230 Å². The zero-order valence-electron chi connectivity index (χ0n) is 23.1. The standard InChI is InChI=1S/C30H40N4O5/c1-20-7-4-5-9-25(20)32-30(37)33-26-15-10-21(17-27(26)38-2)18-28(35)34-16-6-8-24(34)19-31-23-13-11-22(12-14-23)29(36)39-3/h4-5,7,9-10,15,17,22-24,31H,6,8,11-14,16,18-19H2,1-3H3,(H2,32,33,37). The Kier molecular flexibility index (Phi) is 9.81. The van der Waals surface area contributed by atoms with Crippen LogP contribution in [0.15, 0.2) is 42.5 Å². The SMILES string of the molecule is COC(=O)C1CCC(NCC2CCCN2C(=O)Cc2ccc(NC(=O)Nc3ccccc3C)c(OC)c2)CC1. The maximum atomic E-state index is 13.3. The van der Waals surface area contributed by atoms with Crippen LogP contribution in [0.3, 0.4) is 0 Å². The highest BCUT2D eigenvalue weighted by Gasteiger charge is 2.31. The van der Waals surface area contributed by atoms with E-state index in [1.165, 1.54) is 7.11 Å². The van der Waals surface area contributed by atoms with Gasteiger partial charge in [-0.25, -0.2) is 4.79 Å². The van der Waals surface area contributed by atoms with Gasteiger partial charge >= 0.3 is 12.0 Å². The molecule has 0 radical (unpaired) electrons. The molecule has 0 aromatic heterocycles. The number of para-hydroxylation sites is 1. The molecule has 1 heterocycles. The number of carbonyl (C=O) groups is 3. The average Bonchev–Trinajstić information content (AvgIpc) is 3.43. The molecule has 9 heteroatoms. The van der Waals surface area contributed by atoms with Crippen molar-refractivity contribution in [3.05, 3.63) is 53.6 Å². The lowest BCUT2D eigenvalue weighted by molar-refractivity contribution is -0.146. The van der Waals surface area contributed by atoms with Crippen LogP contribution in [0.1, 0.15) is 49.7 Å². The first kappa shape index (κ1) is 28.4. The van der Waals surface area contributed by atoms with Crippen molar-refractivity contribution in [1.29, 1.82) is 0 Å². The molecule has 1 aliphatic heterocycles. The van der Waals surface area contributed by atoms with Crippen molar-refractivity contribution in [1.82, 2.24) is 10.2 Å². The van der Waals surface area contributed by atoms with E-state index in [2.05, 4.69) is 16.0 Å². The number of hydrogen-bond acceptors (Lipinski definition) is 6. The van der Waals surface area contributed by atoms with E-state index in [9.17, 15) is 14.4 Å². The van der Waals surface area contributed by atoms with Crippen molar-refractivity contribution in [3.63, 3.8) is 0 Å². The predicted octanol–water partition coefficient (Wildman–Crippen LogP) is 4.50. The largest absolute Gasteiger partial charge is 0.495 e. The Morgan fingerprint density at radius 3 is 2.41 bits per heavy atom. The summed E-state index contributed by atoms with van der Waals surface area (Å²) in [7, 11) is 3.00. The second-order valence-corrected chi connectivity index (χ2v) is 10.5. The molecule has 4 rings (SSSR count). The van der Waals surface area contributed by atoms with Crippen LogP contribution in [-0.2, 0) is 20.7 Å². The van der Waals surface area contributed by atoms with Crippen LogP contribution in [0.4, 0.5) is 16.2 Å². The number of carbonyl (C=O) groups excluding carboxylic acids is 3. The van der Waals surface area contributed by atoms with E-state index in [4.69, 9.17) is 9.47 Å². The quantitative estimate of drug-likeness (QED) is 0.407. The topological polar surface area (TPSA) is 109 Å². The van der Waals surface area contributed by atoms with Gasteiger partial charge in [-0.1, -0.05) is 24.3 Å². The summed E-state index contributed by atoms with van der Waals surface area (Å²) in [6.07, 6.45) is 5.84. The summed E-state index contributed by atoms with van der Waals surface area (Å²) in [5, 5.41) is 9.33. The van der Waals surface area contributed by atoms with Crippen LogP contribution < -0.4 is 20.7 Å². The van der Waals surface area contributed by atoms with Crippen molar-refractivity contribution in [2.75, 3.05) is 37.9 Å². The number of anilines is 2. The van der Waals surface area contributed by atoms with Crippen molar-refractivity contribution < 1.29 is 23.9 Å².